The highest BCUT2D eigenvalue weighted by Gasteiger charge is 2.34. The molecule has 0 saturated heterocycles. The third-order valence-electron chi connectivity index (χ3n) is 2.93. The largest absolute Gasteiger partial charge is 0.356 e. The normalized spacial score (nSPS) is 19.1. The molecular formula is C12H10Cl2N. The smallest absolute Gasteiger partial charge is 0.158 e. The molecule has 3 rings (SSSR count). The Morgan fingerprint density at radius 3 is 2.87 bits per heavy atom. The number of aromatic amines is 1. The fraction of sp³-hybridized carbons (Fsp3) is 0.250. The minimum Gasteiger partial charge on any atom is -0.356 e. The zero-order chi connectivity index (χ0) is 10.5. The van der Waals surface area contributed by atoms with Crippen LogP contribution in [-0.2, 0) is 10.8 Å². The van der Waals surface area contributed by atoms with Crippen molar-refractivity contribution in [1.29, 1.82) is 0 Å². The van der Waals surface area contributed by atoms with Crippen LogP contribution in [0.25, 0.3) is 10.9 Å². The molecule has 0 saturated carbocycles. The van der Waals surface area contributed by atoms with E-state index < -0.39 is 4.33 Å². The Bertz CT molecular complexity index is 513. The number of benzene rings is 1. The van der Waals surface area contributed by atoms with Crippen molar-refractivity contribution in [1.82, 2.24) is 4.98 Å². The van der Waals surface area contributed by atoms with Gasteiger partial charge in [0.15, 0.2) is 4.33 Å². The maximum Gasteiger partial charge on any atom is 0.158 e. The molecular weight excluding hydrogens is 229 g/mol. The van der Waals surface area contributed by atoms with Crippen molar-refractivity contribution >= 4 is 34.1 Å². The maximum absolute atomic E-state index is 6.28. The van der Waals surface area contributed by atoms with E-state index in [1.165, 1.54) is 10.9 Å². The second-order valence-corrected chi connectivity index (χ2v) is 5.41. The van der Waals surface area contributed by atoms with Crippen LogP contribution in [0, 0.1) is 6.42 Å². The number of rotatable bonds is 0. The van der Waals surface area contributed by atoms with Crippen LogP contribution in [0.4, 0.5) is 0 Å². The fourth-order valence-corrected chi connectivity index (χ4v) is 2.76. The van der Waals surface area contributed by atoms with Gasteiger partial charge in [0.25, 0.3) is 0 Å². The quantitative estimate of drug-likeness (QED) is 0.670. The van der Waals surface area contributed by atoms with Crippen LogP contribution in [0.5, 0.6) is 0 Å². The summed E-state index contributed by atoms with van der Waals surface area (Å²) in [6.07, 6.45) is 3.79. The molecule has 1 aliphatic rings. The van der Waals surface area contributed by atoms with Gasteiger partial charge in [-0.25, -0.2) is 0 Å². The minimum absolute atomic E-state index is 0.704. The Hall–Kier alpha value is -0.660. The SMILES string of the molecule is ClC1(Cl)C[CH]Cc2c1[nH]c1ccccc21. The Morgan fingerprint density at radius 1 is 1.20 bits per heavy atom. The van der Waals surface area contributed by atoms with Crippen molar-refractivity contribution in [2.24, 2.45) is 0 Å². The average Bonchev–Trinajstić information content (AvgIpc) is 2.58. The lowest BCUT2D eigenvalue weighted by Gasteiger charge is -2.24. The highest BCUT2D eigenvalue weighted by molar-refractivity contribution is 6.48. The zero-order valence-electron chi connectivity index (χ0n) is 8.06. The van der Waals surface area contributed by atoms with Crippen LogP contribution in [-0.4, -0.2) is 4.98 Å². The van der Waals surface area contributed by atoms with E-state index in [9.17, 15) is 0 Å². The van der Waals surface area contributed by atoms with Gasteiger partial charge in [-0.2, -0.15) is 0 Å². The summed E-state index contributed by atoms with van der Waals surface area (Å²) in [4.78, 5) is 3.32. The number of hydrogen-bond acceptors (Lipinski definition) is 0. The molecule has 1 heterocycles. The van der Waals surface area contributed by atoms with Gasteiger partial charge in [-0.15, -0.1) is 0 Å². The molecule has 1 aromatic carbocycles. The van der Waals surface area contributed by atoms with Crippen molar-refractivity contribution in [3.05, 3.63) is 41.9 Å². The molecule has 1 N–H and O–H groups in total. The number of nitrogens with one attached hydrogen (secondary N) is 1. The molecule has 0 aliphatic heterocycles. The van der Waals surface area contributed by atoms with Gasteiger partial charge in [-0.05, 0) is 30.9 Å². The number of halogens is 2. The van der Waals surface area contributed by atoms with E-state index in [-0.39, 0.29) is 0 Å². The number of H-pyrrole nitrogens is 1. The van der Waals surface area contributed by atoms with Gasteiger partial charge in [0.1, 0.15) is 0 Å². The first-order valence-electron chi connectivity index (χ1n) is 4.98. The molecule has 77 valence electrons. The Labute approximate surface area is 98.4 Å². The molecule has 0 fully saturated rings. The predicted octanol–water partition coefficient (Wildman–Crippen LogP) is 3.95. The fourth-order valence-electron chi connectivity index (χ4n) is 2.22. The molecule has 2 aromatic rings. The summed E-state index contributed by atoms with van der Waals surface area (Å²) in [5, 5.41) is 1.23. The lowest BCUT2D eigenvalue weighted by molar-refractivity contribution is 0.728. The molecule has 0 atom stereocenters. The van der Waals surface area contributed by atoms with Crippen LogP contribution in [0.2, 0.25) is 0 Å². The van der Waals surface area contributed by atoms with E-state index in [2.05, 4.69) is 23.5 Å². The summed E-state index contributed by atoms with van der Waals surface area (Å²) in [5.41, 5.74) is 3.32. The second kappa shape index (κ2) is 3.16. The van der Waals surface area contributed by atoms with Crippen LogP contribution < -0.4 is 0 Å². The molecule has 1 aromatic heterocycles. The molecule has 0 spiro atoms. The Morgan fingerprint density at radius 2 is 2.00 bits per heavy atom. The molecule has 1 aliphatic carbocycles. The first kappa shape index (κ1) is 9.56. The predicted molar refractivity (Wildman–Crippen MR) is 64.3 cm³/mol. The van der Waals surface area contributed by atoms with E-state index in [0.717, 1.165) is 17.6 Å². The van der Waals surface area contributed by atoms with Crippen molar-refractivity contribution < 1.29 is 0 Å². The highest BCUT2D eigenvalue weighted by Crippen LogP contribution is 2.45. The monoisotopic (exact) mass is 238 g/mol. The molecule has 1 nitrogen and oxygen atoms in total. The van der Waals surface area contributed by atoms with Crippen molar-refractivity contribution in [2.45, 2.75) is 17.2 Å². The summed E-state index contributed by atoms with van der Waals surface area (Å²) in [6.45, 7) is 0. The van der Waals surface area contributed by atoms with Crippen molar-refractivity contribution in [2.75, 3.05) is 0 Å². The highest BCUT2D eigenvalue weighted by atomic mass is 35.5. The summed E-state index contributed by atoms with van der Waals surface area (Å²) in [7, 11) is 0. The number of para-hydroxylation sites is 1. The van der Waals surface area contributed by atoms with Crippen LogP contribution in [0.1, 0.15) is 17.7 Å². The van der Waals surface area contributed by atoms with Gasteiger partial charge in [-0.1, -0.05) is 41.4 Å². The summed E-state index contributed by atoms with van der Waals surface area (Å²) in [5.74, 6) is 0. The maximum atomic E-state index is 6.28. The minimum atomic E-state index is -0.785. The van der Waals surface area contributed by atoms with Gasteiger partial charge >= 0.3 is 0 Å². The van der Waals surface area contributed by atoms with Gasteiger partial charge in [0.2, 0.25) is 0 Å². The van der Waals surface area contributed by atoms with Gasteiger partial charge in [-0.3, -0.25) is 0 Å². The summed E-state index contributed by atoms with van der Waals surface area (Å²) in [6, 6.07) is 8.21. The first-order valence-corrected chi connectivity index (χ1v) is 5.73. The van der Waals surface area contributed by atoms with E-state index in [4.69, 9.17) is 23.2 Å². The zero-order valence-corrected chi connectivity index (χ0v) is 9.57. The lowest BCUT2D eigenvalue weighted by Crippen LogP contribution is -2.18. The average molecular weight is 239 g/mol. The summed E-state index contributed by atoms with van der Waals surface area (Å²) < 4.78 is -0.785. The third-order valence-corrected chi connectivity index (χ3v) is 3.62. The number of aromatic nitrogens is 1. The Balaban J connectivity index is 2.34. The lowest BCUT2D eigenvalue weighted by atomic mass is 9.95. The molecule has 0 bridgehead atoms. The molecule has 3 heteroatoms. The topological polar surface area (TPSA) is 15.8 Å². The molecule has 1 radical (unpaired) electrons. The van der Waals surface area contributed by atoms with Gasteiger partial charge in [0.05, 0.1) is 5.69 Å². The van der Waals surface area contributed by atoms with Crippen molar-refractivity contribution in [3.63, 3.8) is 0 Å². The summed E-state index contributed by atoms with van der Waals surface area (Å²) >= 11 is 12.6. The van der Waals surface area contributed by atoms with Crippen LogP contribution >= 0.6 is 23.2 Å². The van der Waals surface area contributed by atoms with E-state index in [0.29, 0.717) is 6.42 Å². The van der Waals surface area contributed by atoms with Crippen LogP contribution in [0.3, 0.4) is 0 Å². The van der Waals surface area contributed by atoms with Gasteiger partial charge < -0.3 is 4.98 Å². The first-order chi connectivity index (χ1) is 7.18. The standard InChI is InChI=1S/C12H10Cl2N/c13-12(14)7-3-5-9-8-4-1-2-6-10(8)15-11(9)12/h1-4,6,15H,5,7H2. The molecule has 0 unspecified atom stereocenters. The number of fused-ring (bicyclic) bond motifs is 3. The number of hydrogen-bond donors (Lipinski definition) is 1. The van der Waals surface area contributed by atoms with E-state index in [1.807, 2.05) is 12.1 Å². The van der Waals surface area contributed by atoms with Crippen molar-refractivity contribution in [3.8, 4) is 0 Å². The van der Waals surface area contributed by atoms with Gasteiger partial charge in [0, 0.05) is 10.9 Å². The van der Waals surface area contributed by atoms with E-state index in [1.54, 1.807) is 0 Å². The third kappa shape index (κ3) is 1.37. The van der Waals surface area contributed by atoms with E-state index >= 15 is 0 Å². The molecule has 0 amide bonds. The second-order valence-electron chi connectivity index (χ2n) is 3.93. The number of alkyl halides is 2. The molecule has 15 heavy (non-hydrogen) atoms. The van der Waals surface area contributed by atoms with Crippen LogP contribution in [0.15, 0.2) is 24.3 Å². The Kier molecular flexibility index (Phi) is 2.02.